The van der Waals surface area contributed by atoms with Gasteiger partial charge in [-0.25, -0.2) is 9.97 Å². The number of aliphatic hydroxyl groups excluding tert-OH is 1. The average molecular weight is 551 g/mol. The predicted molar refractivity (Wildman–Crippen MR) is 162 cm³/mol. The van der Waals surface area contributed by atoms with Crippen LogP contribution in [0.15, 0.2) is 67.5 Å². The molecule has 5 rings (SSSR count). The number of benzene rings is 2. The summed E-state index contributed by atoms with van der Waals surface area (Å²) in [6.07, 6.45) is 5.33. The van der Waals surface area contributed by atoms with E-state index >= 15 is 0 Å². The summed E-state index contributed by atoms with van der Waals surface area (Å²) < 4.78 is 2.07. The van der Waals surface area contributed by atoms with Gasteiger partial charge in [-0.3, -0.25) is 4.79 Å². The molecular weight excluding hydrogens is 516 g/mol. The molecule has 0 atom stereocenters. The number of carbonyl (C=O) groups is 1. The Morgan fingerprint density at radius 2 is 1.98 bits per heavy atom. The largest absolute Gasteiger partial charge is 0.396 e. The highest BCUT2D eigenvalue weighted by Gasteiger charge is 2.19. The molecule has 210 valence electrons. The van der Waals surface area contributed by atoms with Crippen LogP contribution in [-0.2, 0) is 11.3 Å². The van der Waals surface area contributed by atoms with Crippen molar-refractivity contribution in [3.63, 3.8) is 0 Å². The van der Waals surface area contributed by atoms with E-state index in [0.29, 0.717) is 41.5 Å². The maximum atomic E-state index is 12.3. The van der Waals surface area contributed by atoms with Gasteiger partial charge in [-0.2, -0.15) is 5.26 Å². The average Bonchev–Trinajstić information content (AvgIpc) is 3.39. The first-order valence-corrected chi connectivity index (χ1v) is 13.8. The van der Waals surface area contributed by atoms with E-state index < -0.39 is 0 Å². The molecule has 1 fully saturated rings. The van der Waals surface area contributed by atoms with Crippen LogP contribution in [0.2, 0.25) is 0 Å². The van der Waals surface area contributed by atoms with Gasteiger partial charge in [-0.05, 0) is 43.3 Å². The van der Waals surface area contributed by atoms with Crippen LogP contribution in [0.5, 0.6) is 0 Å². The highest BCUT2D eigenvalue weighted by atomic mass is 16.3. The summed E-state index contributed by atoms with van der Waals surface area (Å²) in [6, 6.07) is 16.0. The molecule has 0 spiro atoms. The number of aliphatic hydroxyl groups is 1. The van der Waals surface area contributed by atoms with E-state index in [9.17, 15) is 15.2 Å². The molecule has 3 N–H and O–H groups in total. The number of aryl methyl sites for hydroxylation is 1. The molecule has 0 unspecified atom stereocenters. The Morgan fingerprint density at radius 3 is 2.71 bits per heavy atom. The molecule has 1 aliphatic rings. The first kappa shape index (κ1) is 27.8. The zero-order chi connectivity index (χ0) is 28.8. The second-order valence-electron chi connectivity index (χ2n) is 9.87. The van der Waals surface area contributed by atoms with Gasteiger partial charge < -0.3 is 30.1 Å². The number of para-hydroxylation sites is 1. The Hall–Kier alpha value is -4.72. The van der Waals surface area contributed by atoms with Gasteiger partial charge in [-0.15, -0.1) is 0 Å². The van der Waals surface area contributed by atoms with E-state index in [0.717, 1.165) is 54.9 Å². The number of aromatic nitrogens is 3. The number of nitrogens with one attached hydrogen (secondary N) is 2. The molecule has 4 aromatic rings. The highest BCUT2D eigenvalue weighted by molar-refractivity contribution is 6.02. The Balaban J connectivity index is 1.49. The lowest BCUT2D eigenvalue weighted by atomic mass is 10.1. The van der Waals surface area contributed by atoms with E-state index in [1.807, 2.05) is 48.7 Å². The third-order valence-electron chi connectivity index (χ3n) is 7.39. The van der Waals surface area contributed by atoms with Crippen molar-refractivity contribution in [1.82, 2.24) is 19.4 Å². The van der Waals surface area contributed by atoms with Gasteiger partial charge >= 0.3 is 0 Å². The van der Waals surface area contributed by atoms with Gasteiger partial charge in [0.1, 0.15) is 6.07 Å². The number of fused-ring (bicyclic) bond motifs is 1. The van der Waals surface area contributed by atoms with Crippen LogP contribution in [0.25, 0.3) is 22.2 Å². The molecule has 1 amide bonds. The molecule has 3 heterocycles. The summed E-state index contributed by atoms with van der Waals surface area (Å²) in [5.41, 5.74) is 4.88. The molecule has 2 aromatic carbocycles. The van der Waals surface area contributed by atoms with E-state index in [1.54, 1.807) is 0 Å². The van der Waals surface area contributed by atoms with Crippen molar-refractivity contribution in [2.45, 2.75) is 19.9 Å². The SMILES string of the molecule is C=CC(=O)Nc1cc(N2CCN(CC)CC2)ccc1Nc1ncc(C#N)c(-c2cn(CCCO)c3ccccc23)n1. The smallest absolute Gasteiger partial charge is 0.247 e. The third kappa shape index (κ3) is 6.06. The predicted octanol–water partition coefficient (Wildman–Crippen LogP) is 4.36. The van der Waals surface area contributed by atoms with E-state index in [4.69, 9.17) is 4.98 Å². The fourth-order valence-corrected chi connectivity index (χ4v) is 5.16. The molecule has 1 saturated heterocycles. The second kappa shape index (κ2) is 12.6. The van der Waals surface area contributed by atoms with Crippen molar-refractivity contribution in [1.29, 1.82) is 5.26 Å². The molecular formula is C31H34N8O2. The van der Waals surface area contributed by atoms with Crippen molar-refractivity contribution in [2.24, 2.45) is 0 Å². The van der Waals surface area contributed by atoms with E-state index in [2.05, 4.69) is 49.6 Å². The minimum Gasteiger partial charge on any atom is -0.396 e. The molecule has 41 heavy (non-hydrogen) atoms. The van der Waals surface area contributed by atoms with Crippen LogP contribution >= 0.6 is 0 Å². The Bertz CT molecular complexity index is 1600. The van der Waals surface area contributed by atoms with Crippen molar-refractivity contribution >= 4 is 39.8 Å². The van der Waals surface area contributed by atoms with Gasteiger partial charge in [0.2, 0.25) is 11.9 Å². The zero-order valence-corrected chi connectivity index (χ0v) is 23.2. The second-order valence-corrected chi connectivity index (χ2v) is 9.87. The summed E-state index contributed by atoms with van der Waals surface area (Å²) in [5, 5.41) is 26.4. The van der Waals surface area contributed by atoms with Gasteiger partial charge in [0, 0.05) is 67.7 Å². The molecule has 0 saturated carbocycles. The van der Waals surface area contributed by atoms with Crippen molar-refractivity contribution in [3.8, 4) is 17.3 Å². The quantitative estimate of drug-likeness (QED) is 0.249. The van der Waals surface area contributed by atoms with Crippen LogP contribution in [0.3, 0.4) is 0 Å². The minimum absolute atomic E-state index is 0.0886. The molecule has 0 radical (unpaired) electrons. The van der Waals surface area contributed by atoms with Gasteiger partial charge in [-0.1, -0.05) is 31.7 Å². The Kier molecular flexibility index (Phi) is 8.58. The van der Waals surface area contributed by atoms with Gasteiger partial charge in [0.25, 0.3) is 0 Å². The fourth-order valence-electron chi connectivity index (χ4n) is 5.16. The molecule has 2 aromatic heterocycles. The first-order chi connectivity index (χ1) is 20.0. The van der Waals surface area contributed by atoms with Gasteiger partial charge in [0.05, 0.1) is 28.8 Å². The maximum absolute atomic E-state index is 12.3. The number of amides is 1. The molecule has 10 nitrogen and oxygen atoms in total. The number of nitriles is 1. The summed E-state index contributed by atoms with van der Waals surface area (Å²) in [7, 11) is 0. The van der Waals surface area contributed by atoms with Crippen LogP contribution in [0.1, 0.15) is 18.9 Å². The lowest BCUT2D eigenvalue weighted by molar-refractivity contribution is -0.111. The van der Waals surface area contributed by atoms with Crippen LogP contribution in [-0.4, -0.2) is 69.8 Å². The minimum atomic E-state index is -0.321. The number of hydrogen-bond donors (Lipinski definition) is 3. The third-order valence-corrected chi connectivity index (χ3v) is 7.39. The normalized spacial score (nSPS) is 13.6. The Labute approximate surface area is 239 Å². The highest BCUT2D eigenvalue weighted by Crippen LogP contribution is 2.34. The summed E-state index contributed by atoms with van der Waals surface area (Å²) in [6.45, 7) is 11.3. The zero-order valence-electron chi connectivity index (χ0n) is 23.2. The van der Waals surface area contributed by atoms with Crippen LogP contribution in [0.4, 0.5) is 23.0 Å². The monoisotopic (exact) mass is 550 g/mol. The lowest BCUT2D eigenvalue weighted by Gasteiger charge is -2.35. The van der Waals surface area contributed by atoms with Gasteiger partial charge in [0.15, 0.2) is 0 Å². The summed E-state index contributed by atoms with van der Waals surface area (Å²) in [4.78, 5) is 26.2. The summed E-state index contributed by atoms with van der Waals surface area (Å²) in [5.74, 6) is -0.0253. The molecule has 1 aliphatic heterocycles. The molecule has 10 heteroatoms. The maximum Gasteiger partial charge on any atom is 0.247 e. The number of hydrogen-bond acceptors (Lipinski definition) is 8. The van der Waals surface area contributed by atoms with Crippen LogP contribution in [0, 0.1) is 11.3 Å². The number of anilines is 4. The molecule has 0 bridgehead atoms. The van der Waals surface area contributed by atoms with E-state index in [1.165, 1.54) is 12.3 Å². The number of rotatable bonds is 10. The fraction of sp³-hybridized carbons (Fsp3) is 0.290. The van der Waals surface area contributed by atoms with Crippen molar-refractivity contribution < 1.29 is 9.90 Å². The molecule has 0 aliphatic carbocycles. The number of nitrogens with zero attached hydrogens (tertiary/aromatic N) is 6. The number of carbonyl (C=O) groups excluding carboxylic acids is 1. The first-order valence-electron chi connectivity index (χ1n) is 13.8. The summed E-state index contributed by atoms with van der Waals surface area (Å²) >= 11 is 0. The van der Waals surface area contributed by atoms with Crippen molar-refractivity contribution in [3.05, 3.63) is 73.1 Å². The topological polar surface area (TPSA) is 122 Å². The Morgan fingerprint density at radius 1 is 1.17 bits per heavy atom. The number of likely N-dealkylation sites (N-methyl/N-ethyl adjacent to an activating group) is 1. The standard InChI is InChI=1S/C31H34N8O2/c1-3-29(41)34-27-18-23(38-15-13-37(4-2)14-16-38)10-11-26(27)35-31-33-20-22(19-32)30(36-31)25-21-39(12-7-17-40)28-9-6-5-8-24(25)28/h3,5-6,8-11,18,20-21,40H,1,4,7,12-17H2,2H3,(H,34,41)(H,33,35,36). The van der Waals surface area contributed by atoms with E-state index in [-0.39, 0.29) is 12.5 Å². The lowest BCUT2D eigenvalue weighted by Crippen LogP contribution is -2.46. The number of piperazine rings is 1. The van der Waals surface area contributed by atoms with Crippen molar-refractivity contribution in [2.75, 3.05) is 54.9 Å². The van der Waals surface area contributed by atoms with Crippen LogP contribution < -0.4 is 15.5 Å².